The van der Waals surface area contributed by atoms with Crippen molar-refractivity contribution in [3.05, 3.63) is 76.1 Å². The van der Waals surface area contributed by atoms with Crippen molar-refractivity contribution in [1.82, 2.24) is 9.97 Å². The molecular weight excluding hydrogens is 445 g/mol. The molecule has 1 saturated heterocycles. The van der Waals surface area contributed by atoms with Crippen molar-refractivity contribution >= 4 is 39.0 Å². The van der Waals surface area contributed by atoms with Crippen molar-refractivity contribution < 1.29 is 9.13 Å². The quantitative estimate of drug-likeness (QED) is 0.350. The number of benzene rings is 2. The molecular formula is C25H23ClFN3OS. The first-order chi connectivity index (χ1) is 15.5. The van der Waals surface area contributed by atoms with E-state index in [2.05, 4.69) is 24.1 Å². The Bertz CT molecular complexity index is 1230. The van der Waals surface area contributed by atoms with Crippen molar-refractivity contribution in [2.45, 2.75) is 32.5 Å². The summed E-state index contributed by atoms with van der Waals surface area (Å²) in [4.78, 5) is 13.2. The fourth-order valence-electron chi connectivity index (χ4n) is 4.25. The summed E-state index contributed by atoms with van der Waals surface area (Å²) in [6, 6.07) is 14.4. The highest BCUT2D eigenvalue weighted by molar-refractivity contribution is 7.17. The minimum Gasteiger partial charge on any atom is -0.372 e. The molecule has 5 rings (SSSR count). The Morgan fingerprint density at radius 3 is 2.41 bits per heavy atom. The average Bonchev–Trinajstić information content (AvgIpc) is 3.19. The lowest BCUT2D eigenvalue weighted by Crippen LogP contribution is -2.46. The van der Waals surface area contributed by atoms with Gasteiger partial charge in [0.25, 0.3) is 0 Å². The molecule has 0 amide bonds. The van der Waals surface area contributed by atoms with Crippen LogP contribution in [0.25, 0.3) is 21.3 Å². The van der Waals surface area contributed by atoms with Crippen LogP contribution >= 0.6 is 22.9 Å². The zero-order valence-electron chi connectivity index (χ0n) is 17.9. The summed E-state index contributed by atoms with van der Waals surface area (Å²) in [7, 11) is 0. The summed E-state index contributed by atoms with van der Waals surface area (Å²) in [5.74, 6) is 1.45. The third kappa shape index (κ3) is 4.35. The first-order valence-corrected chi connectivity index (χ1v) is 11.9. The van der Waals surface area contributed by atoms with Crippen LogP contribution in [0.15, 0.2) is 53.9 Å². The van der Waals surface area contributed by atoms with Gasteiger partial charge < -0.3 is 9.64 Å². The van der Waals surface area contributed by atoms with E-state index in [4.69, 9.17) is 26.3 Å². The first kappa shape index (κ1) is 21.3. The molecule has 0 aliphatic carbocycles. The second-order valence-corrected chi connectivity index (χ2v) is 9.56. The summed E-state index contributed by atoms with van der Waals surface area (Å²) in [6.07, 6.45) is 0.840. The topological polar surface area (TPSA) is 38.2 Å². The summed E-state index contributed by atoms with van der Waals surface area (Å²) in [5, 5.41) is 3.82. The molecule has 2 aromatic heterocycles. The Kier molecular flexibility index (Phi) is 5.84. The monoisotopic (exact) mass is 467 g/mol. The van der Waals surface area contributed by atoms with Crippen LogP contribution in [0, 0.1) is 5.82 Å². The molecule has 1 fully saturated rings. The van der Waals surface area contributed by atoms with Crippen LogP contribution in [0.2, 0.25) is 5.02 Å². The van der Waals surface area contributed by atoms with E-state index in [9.17, 15) is 4.39 Å². The maximum Gasteiger partial charge on any atom is 0.141 e. The van der Waals surface area contributed by atoms with Gasteiger partial charge in [0.1, 0.15) is 22.3 Å². The second kappa shape index (κ2) is 8.77. The third-order valence-electron chi connectivity index (χ3n) is 5.61. The predicted molar refractivity (Wildman–Crippen MR) is 129 cm³/mol. The van der Waals surface area contributed by atoms with E-state index in [0.29, 0.717) is 11.4 Å². The third-order valence-corrected chi connectivity index (χ3v) is 6.73. The number of thiophene rings is 1. The van der Waals surface area contributed by atoms with E-state index >= 15 is 0 Å². The number of fused-ring (bicyclic) bond motifs is 1. The van der Waals surface area contributed by atoms with E-state index in [1.54, 1.807) is 11.3 Å². The number of nitrogens with zero attached hydrogens (tertiary/aromatic N) is 3. The minimum absolute atomic E-state index is 0.108. The number of hydrogen-bond donors (Lipinski definition) is 0. The molecule has 32 heavy (non-hydrogen) atoms. The number of hydrogen-bond acceptors (Lipinski definition) is 5. The molecule has 7 heteroatoms. The van der Waals surface area contributed by atoms with Crippen molar-refractivity contribution in [2.75, 3.05) is 18.0 Å². The summed E-state index contributed by atoms with van der Waals surface area (Å²) < 4.78 is 19.5. The van der Waals surface area contributed by atoms with Crippen molar-refractivity contribution in [3.63, 3.8) is 0 Å². The second-order valence-electron chi connectivity index (χ2n) is 8.27. The summed E-state index contributed by atoms with van der Waals surface area (Å²) in [6.45, 7) is 5.69. The van der Waals surface area contributed by atoms with E-state index in [0.717, 1.165) is 51.6 Å². The lowest BCUT2D eigenvalue weighted by atomic mass is 10.0. The molecule has 2 atom stereocenters. The smallest absolute Gasteiger partial charge is 0.141 e. The maximum atomic E-state index is 13.5. The van der Waals surface area contributed by atoms with Gasteiger partial charge in [-0.2, -0.15) is 0 Å². The molecule has 2 aromatic carbocycles. The van der Waals surface area contributed by atoms with Gasteiger partial charge in [0.15, 0.2) is 0 Å². The van der Waals surface area contributed by atoms with Crippen molar-refractivity contribution in [1.29, 1.82) is 0 Å². The van der Waals surface area contributed by atoms with Gasteiger partial charge in [-0.3, -0.25) is 0 Å². The molecule has 164 valence electrons. The highest BCUT2D eigenvalue weighted by Gasteiger charge is 2.27. The van der Waals surface area contributed by atoms with Crippen LogP contribution in [0.5, 0.6) is 0 Å². The number of halogens is 2. The molecule has 4 aromatic rings. The Morgan fingerprint density at radius 1 is 1.03 bits per heavy atom. The first-order valence-electron chi connectivity index (χ1n) is 10.6. The Labute approximate surface area is 195 Å². The summed E-state index contributed by atoms with van der Waals surface area (Å²) >= 11 is 7.64. The number of rotatable bonds is 4. The van der Waals surface area contributed by atoms with E-state index < -0.39 is 0 Å². The van der Waals surface area contributed by atoms with Gasteiger partial charge >= 0.3 is 0 Å². The largest absolute Gasteiger partial charge is 0.372 e. The standard InChI is InChI=1S/C25H23ClFN3OS/c1-15-12-30(13-16(2)31-15)24-23-21(18-5-9-20(27)10-6-18)14-32-25(23)29-22(28-24)11-17-3-7-19(26)8-4-17/h3-10,14-16H,11-13H2,1-2H3/t15-,16-/m1/s1. The molecule has 0 radical (unpaired) electrons. The Morgan fingerprint density at radius 2 is 1.72 bits per heavy atom. The Balaban J connectivity index is 1.63. The fourth-order valence-corrected chi connectivity index (χ4v) is 5.34. The van der Waals surface area contributed by atoms with E-state index in [1.165, 1.54) is 12.1 Å². The molecule has 1 aliphatic heterocycles. The normalized spacial score (nSPS) is 18.9. The molecule has 0 unspecified atom stereocenters. The highest BCUT2D eigenvalue weighted by atomic mass is 35.5. The molecule has 1 aliphatic rings. The molecule has 4 nitrogen and oxygen atoms in total. The van der Waals surface area contributed by atoms with Crippen LogP contribution in [-0.4, -0.2) is 35.3 Å². The molecule has 0 spiro atoms. The van der Waals surface area contributed by atoms with Gasteiger partial charge in [0.05, 0.1) is 17.6 Å². The predicted octanol–water partition coefficient (Wildman–Crippen LogP) is 6.36. The number of morpholine rings is 1. The van der Waals surface area contributed by atoms with Crippen molar-refractivity contribution in [3.8, 4) is 11.1 Å². The molecule has 0 N–H and O–H groups in total. The van der Waals surface area contributed by atoms with Crippen LogP contribution < -0.4 is 4.90 Å². The minimum atomic E-state index is -0.245. The number of anilines is 1. The van der Waals surface area contributed by atoms with Crippen LogP contribution in [0.3, 0.4) is 0 Å². The molecule has 0 bridgehead atoms. The van der Waals surface area contributed by atoms with Crippen LogP contribution in [-0.2, 0) is 11.2 Å². The average molecular weight is 468 g/mol. The van der Waals surface area contributed by atoms with E-state index in [-0.39, 0.29) is 18.0 Å². The summed E-state index contributed by atoms with van der Waals surface area (Å²) in [5.41, 5.74) is 3.10. The van der Waals surface area contributed by atoms with Gasteiger partial charge in [0, 0.05) is 35.5 Å². The fraction of sp³-hybridized carbons (Fsp3) is 0.280. The van der Waals surface area contributed by atoms with Gasteiger partial charge in [-0.15, -0.1) is 11.3 Å². The lowest BCUT2D eigenvalue weighted by molar-refractivity contribution is -0.00538. The lowest BCUT2D eigenvalue weighted by Gasteiger charge is -2.36. The van der Waals surface area contributed by atoms with Crippen LogP contribution in [0.1, 0.15) is 25.2 Å². The molecule has 0 saturated carbocycles. The number of ether oxygens (including phenoxy) is 1. The number of aromatic nitrogens is 2. The van der Waals surface area contributed by atoms with Crippen LogP contribution in [0.4, 0.5) is 10.2 Å². The van der Waals surface area contributed by atoms with Crippen molar-refractivity contribution in [2.24, 2.45) is 0 Å². The van der Waals surface area contributed by atoms with Gasteiger partial charge in [0.2, 0.25) is 0 Å². The highest BCUT2D eigenvalue weighted by Crippen LogP contribution is 2.39. The maximum absolute atomic E-state index is 13.5. The zero-order chi connectivity index (χ0) is 22.2. The van der Waals surface area contributed by atoms with Gasteiger partial charge in [-0.1, -0.05) is 35.9 Å². The van der Waals surface area contributed by atoms with E-state index in [1.807, 2.05) is 36.4 Å². The SMILES string of the molecule is C[C@@H]1CN(c2nc(Cc3ccc(Cl)cc3)nc3scc(-c4ccc(F)cc4)c23)C[C@@H](C)O1. The van der Waals surface area contributed by atoms with Gasteiger partial charge in [-0.25, -0.2) is 14.4 Å². The Hall–Kier alpha value is -2.54. The zero-order valence-corrected chi connectivity index (χ0v) is 19.5. The van der Waals surface area contributed by atoms with Gasteiger partial charge in [-0.05, 0) is 49.2 Å². The molecule has 3 heterocycles.